The molecule has 17 heavy (non-hydrogen) atoms. The summed E-state index contributed by atoms with van der Waals surface area (Å²) in [6.07, 6.45) is 0. The van der Waals surface area contributed by atoms with Gasteiger partial charge in [-0.1, -0.05) is 30.3 Å². The summed E-state index contributed by atoms with van der Waals surface area (Å²) in [4.78, 5) is 23.0. The number of anilines is 1. The highest BCUT2D eigenvalue weighted by Gasteiger charge is 2.18. The lowest BCUT2D eigenvalue weighted by Crippen LogP contribution is -2.32. The average molecular weight is 229 g/mol. The fraction of sp³-hybridized carbons (Fsp3) is 0.0769. The van der Waals surface area contributed by atoms with E-state index in [2.05, 4.69) is 0 Å². The van der Waals surface area contributed by atoms with Gasteiger partial charge in [0.05, 0.1) is 0 Å². The van der Waals surface area contributed by atoms with E-state index in [1.165, 1.54) is 7.05 Å². The number of amides is 1. The molecule has 0 spiro atoms. The van der Waals surface area contributed by atoms with Crippen LogP contribution < -0.4 is 4.90 Å². The van der Waals surface area contributed by atoms with Gasteiger partial charge in [-0.2, -0.15) is 0 Å². The van der Waals surface area contributed by atoms with Gasteiger partial charge in [0, 0.05) is 12.7 Å². The highest BCUT2D eigenvalue weighted by atomic mass is 16.4. The molecule has 0 fully saturated rings. The monoisotopic (exact) mass is 229 g/mol. The maximum absolute atomic E-state index is 11.3. The zero-order chi connectivity index (χ0) is 12.4. The van der Waals surface area contributed by atoms with E-state index in [1.54, 1.807) is 12.1 Å². The number of carbonyl (C=O) groups is 2. The van der Waals surface area contributed by atoms with E-state index >= 15 is 0 Å². The van der Waals surface area contributed by atoms with Crippen LogP contribution in [-0.2, 0) is 9.59 Å². The molecule has 0 bridgehead atoms. The summed E-state index contributed by atoms with van der Waals surface area (Å²) >= 11 is 0. The van der Waals surface area contributed by atoms with Crippen LogP contribution in [-0.4, -0.2) is 24.0 Å². The van der Waals surface area contributed by atoms with E-state index in [0.29, 0.717) is 5.69 Å². The molecule has 0 unspecified atom stereocenters. The SMILES string of the molecule is CN(C(=O)C(=O)O)c1ccc2ccccc2c1. The zero-order valence-corrected chi connectivity index (χ0v) is 9.25. The Bertz CT molecular complexity index is 592. The van der Waals surface area contributed by atoms with Crippen LogP contribution in [0, 0.1) is 0 Å². The van der Waals surface area contributed by atoms with Gasteiger partial charge in [0.25, 0.3) is 0 Å². The minimum atomic E-state index is -1.46. The predicted octanol–water partition coefficient (Wildman–Crippen LogP) is 1.89. The van der Waals surface area contributed by atoms with Crippen LogP contribution in [0.5, 0.6) is 0 Å². The molecule has 2 aromatic carbocycles. The van der Waals surface area contributed by atoms with Crippen molar-refractivity contribution >= 4 is 28.3 Å². The van der Waals surface area contributed by atoms with Crippen LogP contribution in [0.1, 0.15) is 0 Å². The third-order valence-electron chi connectivity index (χ3n) is 2.61. The minimum absolute atomic E-state index is 0.566. The second-order valence-electron chi connectivity index (χ2n) is 3.70. The number of aliphatic carboxylic acids is 1. The molecule has 0 radical (unpaired) electrons. The first-order chi connectivity index (χ1) is 8.09. The predicted molar refractivity (Wildman–Crippen MR) is 65.0 cm³/mol. The summed E-state index contributed by atoms with van der Waals surface area (Å²) in [6.45, 7) is 0. The molecular formula is C13H11NO3. The molecule has 4 nitrogen and oxygen atoms in total. The van der Waals surface area contributed by atoms with E-state index in [9.17, 15) is 9.59 Å². The lowest BCUT2D eigenvalue weighted by atomic mass is 10.1. The number of fused-ring (bicyclic) bond motifs is 1. The third-order valence-corrected chi connectivity index (χ3v) is 2.61. The van der Waals surface area contributed by atoms with Crippen LogP contribution in [0.4, 0.5) is 5.69 Å². The fourth-order valence-electron chi connectivity index (χ4n) is 1.65. The van der Waals surface area contributed by atoms with Crippen molar-refractivity contribution in [2.45, 2.75) is 0 Å². The van der Waals surface area contributed by atoms with E-state index in [-0.39, 0.29) is 0 Å². The Kier molecular flexibility index (Phi) is 2.78. The van der Waals surface area contributed by atoms with Gasteiger partial charge in [-0.05, 0) is 22.9 Å². The number of hydrogen-bond donors (Lipinski definition) is 1. The van der Waals surface area contributed by atoms with Gasteiger partial charge >= 0.3 is 11.9 Å². The number of carboxylic acid groups (broad SMARTS) is 1. The first kappa shape index (κ1) is 11.1. The van der Waals surface area contributed by atoms with Crippen molar-refractivity contribution in [1.82, 2.24) is 0 Å². The molecule has 86 valence electrons. The van der Waals surface area contributed by atoms with Crippen LogP contribution in [0.15, 0.2) is 42.5 Å². The van der Waals surface area contributed by atoms with Gasteiger partial charge in [0.15, 0.2) is 0 Å². The van der Waals surface area contributed by atoms with Crippen LogP contribution >= 0.6 is 0 Å². The lowest BCUT2D eigenvalue weighted by Gasteiger charge is -2.15. The van der Waals surface area contributed by atoms with Gasteiger partial charge in [0.2, 0.25) is 0 Å². The second-order valence-corrected chi connectivity index (χ2v) is 3.70. The topological polar surface area (TPSA) is 57.6 Å². The van der Waals surface area contributed by atoms with E-state index in [4.69, 9.17) is 5.11 Å². The number of hydrogen-bond acceptors (Lipinski definition) is 2. The number of rotatable bonds is 1. The van der Waals surface area contributed by atoms with Crippen molar-refractivity contribution in [2.75, 3.05) is 11.9 Å². The van der Waals surface area contributed by atoms with Gasteiger partial charge in [-0.25, -0.2) is 4.79 Å². The molecule has 0 saturated heterocycles. The van der Waals surface area contributed by atoms with E-state index in [0.717, 1.165) is 15.7 Å². The maximum Gasteiger partial charge on any atom is 0.394 e. The molecule has 0 saturated carbocycles. The van der Waals surface area contributed by atoms with Crippen LogP contribution in [0.25, 0.3) is 10.8 Å². The highest BCUT2D eigenvalue weighted by Crippen LogP contribution is 2.21. The van der Waals surface area contributed by atoms with Gasteiger partial charge in [-0.3, -0.25) is 4.79 Å². The first-order valence-electron chi connectivity index (χ1n) is 5.09. The summed E-state index contributed by atoms with van der Waals surface area (Å²) in [7, 11) is 1.44. The molecule has 4 heteroatoms. The van der Waals surface area contributed by atoms with Crippen molar-refractivity contribution in [3.63, 3.8) is 0 Å². The molecule has 0 aliphatic rings. The summed E-state index contributed by atoms with van der Waals surface area (Å²) in [6, 6.07) is 13.1. The number of benzene rings is 2. The van der Waals surface area contributed by atoms with Crippen molar-refractivity contribution in [3.8, 4) is 0 Å². The van der Waals surface area contributed by atoms with Crippen LogP contribution in [0.3, 0.4) is 0 Å². The van der Waals surface area contributed by atoms with Gasteiger partial charge in [-0.15, -0.1) is 0 Å². The number of carbonyl (C=O) groups excluding carboxylic acids is 1. The maximum atomic E-state index is 11.3. The average Bonchev–Trinajstić information content (AvgIpc) is 2.36. The number of likely N-dealkylation sites (N-methyl/N-ethyl adjacent to an activating group) is 1. The molecule has 0 heterocycles. The molecule has 0 aliphatic heterocycles. The Morgan fingerprint density at radius 2 is 1.71 bits per heavy atom. The summed E-state index contributed by atoms with van der Waals surface area (Å²) in [5.74, 6) is -2.40. The molecule has 2 aromatic rings. The minimum Gasteiger partial charge on any atom is -0.474 e. The number of carboxylic acids is 1. The normalized spacial score (nSPS) is 10.2. The Balaban J connectivity index is 2.43. The quantitative estimate of drug-likeness (QED) is 0.759. The van der Waals surface area contributed by atoms with E-state index in [1.807, 2.05) is 30.3 Å². The largest absolute Gasteiger partial charge is 0.474 e. The Labute approximate surface area is 98.1 Å². The van der Waals surface area contributed by atoms with Gasteiger partial charge < -0.3 is 10.0 Å². The number of nitrogens with zero attached hydrogens (tertiary/aromatic N) is 1. The molecular weight excluding hydrogens is 218 g/mol. The van der Waals surface area contributed by atoms with Crippen molar-refractivity contribution in [2.24, 2.45) is 0 Å². The highest BCUT2D eigenvalue weighted by molar-refractivity contribution is 6.37. The standard InChI is InChI=1S/C13H11NO3/c1-14(12(15)13(16)17)11-7-6-9-4-2-3-5-10(9)8-11/h2-8H,1H3,(H,16,17). The van der Waals surface area contributed by atoms with Crippen molar-refractivity contribution < 1.29 is 14.7 Å². The lowest BCUT2D eigenvalue weighted by molar-refractivity contribution is -0.148. The van der Waals surface area contributed by atoms with E-state index < -0.39 is 11.9 Å². The summed E-state index contributed by atoms with van der Waals surface area (Å²) < 4.78 is 0. The fourth-order valence-corrected chi connectivity index (χ4v) is 1.65. The van der Waals surface area contributed by atoms with Crippen molar-refractivity contribution in [1.29, 1.82) is 0 Å². The zero-order valence-electron chi connectivity index (χ0n) is 9.25. The summed E-state index contributed by atoms with van der Waals surface area (Å²) in [5, 5.41) is 10.7. The Hall–Kier alpha value is -2.36. The molecule has 0 aromatic heterocycles. The van der Waals surface area contributed by atoms with Gasteiger partial charge in [0.1, 0.15) is 0 Å². The Morgan fingerprint density at radius 3 is 2.35 bits per heavy atom. The van der Waals surface area contributed by atoms with Crippen molar-refractivity contribution in [3.05, 3.63) is 42.5 Å². The second kappa shape index (κ2) is 4.25. The van der Waals surface area contributed by atoms with Crippen LogP contribution in [0.2, 0.25) is 0 Å². The molecule has 2 rings (SSSR count). The molecule has 0 atom stereocenters. The third kappa shape index (κ3) is 2.10. The molecule has 1 amide bonds. The Morgan fingerprint density at radius 1 is 1.06 bits per heavy atom. The molecule has 1 N–H and O–H groups in total. The molecule has 0 aliphatic carbocycles. The summed E-state index contributed by atoms with van der Waals surface area (Å²) in [5.41, 5.74) is 0.566. The smallest absolute Gasteiger partial charge is 0.394 e. The first-order valence-corrected chi connectivity index (χ1v) is 5.09.